The average Bonchev–Trinajstić information content (AvgIpc) is 3.57. The predicted octanol–water partition coefficient (Wildman–Crippen LogP) is -5.73. The number of imidazole rings is 1. The molecule has 284 valence electrons. The van der Waals surface area contributed by atoms with E-state index in [4.69, 9.17) is 5.73 Å². The molecule has 22 heteroatoms. The lowest BCUT2D eigenvalue weighted by Crippen LogP contribution is -3.02. The van der Waals surface area contributed by atoms with Gasteiger partial charge < -0.3 is 52.8 Å². The molecule has 0 radical (unpaired) electrons. The van der Waals surface area contributed by atoms with Gasteiger partial charge in [-0.25, -0.2) is 9.78 Å². The highest BCUT2D eigenvalue weighted by Gasteiger charge is 2.41. The second-order valence-electron chi connectivity index (χ2n) is 12.4. The number of hydrogen-bond donors (Lipinski definition) is 11. The van der Waals surface area contributed by atoms with Gasteiger partial charge in [-0.05, 0) is 12.8 Å². The first kappa shape index (κ1) is 42.9. The first-order chi connectivity index (χ1) is 23.9. The fraction of sp³-hybridized carbons (Fsp3) is 0.621. The Morgan fingerprint density at radius 3 is 2.04 bits per heavy atom. The first-order valence-electron chi connectivity index (χ1n) is 15.8. The fourth-order valence-corrected chi connectivity index (χ4v) is 7.32. The van der Waals surface area contributed by atoms with Gasteiger partial charge in [0.05, 0.1) is 25.9 Å². The summed E-state index contributed by atoms with van der Waals surface area (Å²) < 4.78 is 0. The maximum atomic E-state index is 13.5. The Labute approximate surface area is 301 Å². The number of aliphatic hydroxyl groups is 2. The van der Waals surface area contributed by atoms with Gasteiger partial charge in [0.15, 0.2) is 5.54 Å². The third-order valence-corrected chi connectivity index (χ3v) is 10.2. The van der Waals surface area contributed by atoms with Gasteiger partial charge >= 0.3 is 5.91 Å². The number of aromatic amines is 1. The maximum Gasteiger partial charge on any atom is 0.308 e. The van der Waals surface area contributed by atoms with E-state index in [1.807, 2.05) is 0 Å². The van der Waals surface area contributed by atoms with Gasteiger partial charge in [-0.1, -0.05) is 35.4 Å². The predicted molar refractivity (Wildman–Crippen MR) is 184 cm³/mol. The molecular formula is C29H47N10O10S2+. The monoisotopic (exact) mass is 759 g/mol. The lowest BCUT2D eigenvalue weighted by molar-refractivity contribution is -0.621. The van der Waals surface area contributed by atoms with Crippen LogP contribution < -0.4 is 43.0 Å². The summed E-state index contributed by atoms with van der Waals surface area (Å²) in [5.41, 5.74) is 3.93. The van der Waals surface area contributed by atoms with Crippen molar-refractivity contribution in [3.05, 3.63) is 18.2 Å². The van der Waals surface area contributed by atoms with Crippen LogP contribution in [0.1, 0.15) is 40.4 Å². The molecule has 0 bridgehead atoms. The van der Waals surface area contributed by atoms with Gasteiger partial charge in [0, 0.05) is 31.5 Å². The van der Waals surface area contributed by atoms with Gasteiger partial charge in [-0.2, -0.15) is 0 Å². The number of rotatable bonds is 7. The molecule has 0 spiro atoms. The summed E-state index contributed by atoms with van der Waals surface area (Å²) in [4.78, 5) is 111. The summed E-state index contributed by atoms with van der Waals surface area (Å²) in [6.07, 6.45) is 2.71. The van der Waals surface area contributed by atoms with Crippen molar-refractivity contribution in [3.8, 4) is 0 Å². The number of amides is 8. The molecule has 1 fully saturated rings. The Kier molecular flexibility index (Phi) is 16.8. The molecule has 51 heavy (non-hydrogen) atoms. The van der Waals surface area contributed by atoms with E-state index in [1.54, 1.807) is 13.8 Å². The number of hydrogen-bond acceptors (Lipinski definition) is 13. The van der Waals surface area contributed by atoms with E-state index < -0.39 is 108 Å². The number of nitrogens with zero attached hydrogens (tertiary/aromatic N) is 1. The van der Waals surface area contributed by atoms with Crippen molar-refractivity contribution < 1.29 is 53.9 Å². The van der Waals surface area contributed by atoms with E-state index in [1.165, 1.54) is 33.2 Å². The van der Waals surface area contributed by atoms with Gasteiger partial charge in [0.2, 0.25) is 35.4 Å². The van der Waals surface area contributed by atoms with Gasteiger partial charge in [0.25, 0.3) is 5.91 Å². The number of H-pyrrole nitrogens is 1. The summed E-state index contributed by atoms with van der Waals surface area (Å²) in [5, 5.41) is 35.7. The van der Waals surface area contributed by atoms with Crippen LogP contribution >= 0.6 is 21.6 Å². The van der Waals surface area contributed by atoms with Crippen LogP contribution in [0.4, 0.5) is 0 Å². The minimum atomic E-state index is -1.58. The van der Waals surface area contributed by atoms with E-state index in [0.29, 0.717) is 0 Å². The summed E-state index contributed by atoms with van der Waals surface area (Å²) in [6, 6.07) is -8.31. The molecule has 1 saturated heterocycles. The van der Waals surface area contributed by atoms with E-state index >= 15 is 0 Å². The number of aromatic nitrogens is 2. The molecule has 7 atom stereocenters. The van der Waals surface area contributed by atoms with Crippen molar-refractivity contribution in [2.75, 3.05) is 24.7 Å². The lowest BCUT2D eigenvalue weighted by Gasteiger charge is -2.28. The van der Waals surface area contributed by atoms with Crippen LogP contribution in [0.5, 0.6) is 0 Å². The Bertz CT molecular complexity index is 1430. The van der Waals surface area contributed by atoms with Crippen molar-refractivity contribution in [3.63, 3.8) is 0 Å². The van der Waals surface area contributed by atoms with Gasteiger partial charge in [0.1, 0.15) is 42.1 Å². The van der Waals surface area contributed by atoms with Crippen molar-refractivity contribution in [2.45, 2.75) is 82.8 Å². The highest BCUT2D eigenvalue weighted by molar-refractivity contribution is 8.76. The summed E-state index contributed by atoms with van der Waals surface area (Å²) in [6.45, 7) is 5.40. The molecule has 0 aromatic carbocycles. The molecule has 20 nitrogen and oxygen atoms in total. The van der Waals surface area contributed by atoms with Crippen molar-refractivity contribution in [1.82, 2.24) is 41.9 Å². The third kappa shape index (κ3) is 13.1. The molecule has 7 unspecified atom stereocenters. The molecule has 0 saturated carbocycles. The average molecular weight is 760 g/mol. The number of primary amides is 2. The summed E-state index contributed by atoms with van der Waals surface area (Å²) >= 11 is 0. The molecule has 2 rings (SSSR count). The van der Waals surface area contributed by atoms with Gasteiger partial charge in [-0.15, -0.1) is 0 Å². The standard InChI is InChI=1S/C29H46N10O10S2/c1-13(2)21-27(48)35-17(9-40)25(46)36-19(22(30)43)11-50-51-12-29(5,39-15(4)42)28(49)37-18(10-41)26(47)34-16(8-20-31-6-7-32-20)24(45)33-14(3)23(44)38-21/h6-7,13-14,16-19,21,40-41H,8-12H2,1-5H3,(H2,30,43)(H,31,32)(H,33,45)(H,34,47)(H,35,48)(H,36,46)(H,37,49)(H,38,44)(H,39,42)/p+1. The fourth-order valence-electron chi connectivity index (χ4n) is 4.62. The largest absolute Gasteiger partial charge is 0.394 e. The zero-order chi connectivity index (χ0) is 38.5. The van der Waals surface area contributed by atoms with E-state index in [0.717, 1.165) is 26.9 Å². The molecule has 1 aliphatic rings. The number of nitrogens with two attached hydrogens (primary N) is 2. The van der Waals surface area contributed by atoms with Crippen LogP contribution in [-0.4, -0.2) is 134 Å². The maximum absolute atomic E-state index is 13.5. The molecule has 1 aromatic rings. The normalized spacial score (nSPS) is 28.4. The molecule has 8 amide bonds. The minimum absolute atomic E-state index is 0.0867. The highest BCUT2D eigenvalue weighted by atomic mass is 33.1. The van der Waals surface area contributed by atoms with Crippen LogP contribution in [0.3, 0.4) is 0 Å². The number of carbonyl (C=O) groups excluding carboxylic acids is 8. The van der Waals surface area contributed by atoms with Crippen molar-refractivity contribution in [1.29, 1.82) is 0 Å². The second-order valence-corrected chi connectivity index (χ2v) is 14.9. The molecule has 2 heterocycles. The lowest BCUT2D eigenvalue weighted by atomic mass is 10.0. The molecular weight excluding hydrogens is 713 g/mol. The van der Waals surface area contributed by atoms with Crippen LogP contribution in [0.2, 0.25) is 0 Å². The molecule has 0 aliphatic carbocycles. The Balaban J connectivity index is 2.50. The number of carbonyl (C=O) groups is 8. The Hall–Kier alpha value is -4.25. The zero-order valence-corrected chi connectivity index (χ0v) is 30.4. The van der Waals surface area contributed by atoms with E-state index in [-0.39, 0.29) is 23.8 Å². The van der Waals surface area contributed by atoms with E-state index in [9.17, 15) is 48.6 Å². The summed E-state index contributed by atoms with van der Waals surface area (Å²) in [7, 11) is 2.05. The highest BCUT2D eigenvalue weighted by Crippen LogP contribution is 2.25. The van der Waals surface area contributed by atoms with Crippen LogP contribution in [-0.2, 0) is 44.8 Å². The SMILES string of the molecule is CC(=O)[NH2+]C1(C)CSSCC(C(N)=O)NC(=O)C(CO)NC(=O)C(C(C)C)NC(=O)C(C)NC(=O)C(Cc2ncc[nH]2)NC(=O)C(CO)NC1=O. The van der Waals surface area contributed by atoms with Gasteiger partial charge in [-0.3, -0.25) is 38.9 Å². The number of quaternary nitrogens is 1. The molecule has 1 aliphatic heterocycles. The second kappa shape index (κ2) is 20.0. The Morgan fingerprint density at radius 2 is 1.49 bits per heavy atom. The zero-order valence-electron chi connectivity index (χ0n) is 28.8. The van der Waals surface area contributed by atoms with Crippen LogP contribution in [0, 0.1) is 5.92 Å². The minimum Gasteiger partial charge on any atom is -0.394 e. The Morgan fingerprint density at radius 1 is 0.902 bits per heavy atom. The molecule has 13 N–H and O–H groups in total. The first-order valence-corrected chi connectivity index (χ1v) is 18.3. The number of nitrogens with one attached hydrogen (secondary N) is 7. The molecule has 1 aromatic heterocycles. The van der Waals surface area contributed by atoms with Crippen molar-refractivity contribution >= 4 is 68.8 Å². The third-order valence-electron chi connectivity index (χ3n) is 7.58. The summed E-state index contributed by atoms with van der Waals surface area (Å²) in [5.74, 6) is -7.13. The topological polar surface area (TPSA) is 321 Å². The van der Waals surface area contributed by atoms with E-state index in [2.05, 4.69) is 41.9 Å². The number of aliphatic hydroxyl groups excluding tert-OH is 2. The van der Waals surface area contributed by atoms with Crippen LogP contribution in [0.15, 0.2) is 12.4 Å². The van der Waals surface area contributed by atoms with Crippen molar-refractivity contribution in [2.24, 2.45) is 11.7 Å². The van der Waals surface area contributed by atoms with Crippen LogP contribution in [0.25, 0.3) is 0 Å². The quantitative estimate of drug-likeness (QED) is 0.116. The smallest absolute Gasteiger partial charge is 0.308 e.